The fourth-order valence-electron chi connectivity index (χ4n) is 8.10. The second-order valence-corrected chi connectivity index (χ2v) is 16.9. The summed E-state index contributed by atoms with van der Waals surface area (Å²) in [6.07, 6.45) is -10.0. The molecule has 0 aromatic heterocycles. The molecule has 3 amide bonds. The largest absolute Gasteiger partial charge is 0.396 e. The second-order valence-electron chi connectivity index (χ2n) is 16.9. The van der Waals surface area contributed by atoms with E-state index in [9.17, 15) is 70.2 Å². The molecule has 1 aliphatic carbocycles. The molecule has 4 rings (SSSR count). The number of nitrogens with zero attached hydrogens (tertiary/aromatic N) is 1. The fraction of sp³-hybridized carbons (Fsp3) is 0.902. The first-order chi connectivity index (χ1) is 30.2. The van der Waals surface area contributed by atoms with Crippen molar-refractivity contribution in [1.29, 1.82) is 0 Å². The van der Waals surface area contributed by atoms with Crippen molar-refractivity contribution in [3.63, 3.8) is 0 Å². The predicted molar refractivity (Wildman–Crippen MR) is 213 cm³/mol. The molecule has 0 unspecified atom stereocenters. The van der Waals surface area contributed by atoms with Gasteiger partial charge in [0, 0.05) is 44.8 Å². The SMILES string of the molecule is O=C(CCCCCCCCCCCCCCC(=O)ON1C(=O)CCC1=O)NCCO[C@@H]1O[C@H](CO[C@H]2C[C@H](CO)[C@@H](O)[C@H](O)[C@@H]2O)[C@@H](O)[C@H](O[C@H]2O[C@H](CO)[C@@H](O)[C@H](O)[C@@H]2O)[C@@H]1O. The van der Waals surface area contributed by atoms with Crippen LogP contribution in [0.25, 0.3) is 0 Å². The van der Waals surface area contributed by atoms with Crippen molar-refractivity contribution < 1.29 is 98.8 Å². The van der Waals surface area contributed by atoms with Crippen LogP contribution in [0, 0.1) is 5.92 Å². The molecule has 11 N–H and O–H groups in total. The van der Waals surface area contributed by atoms with E-state index >= 15 is 0 Å². The van der Waals surface area contributed by atoms with Gasteiger partial charge in [-0.15, -0.1) is 5.06 Å². The number of unbranched alkanes of at least 4 members (excludes halogenated alkanes) is 11. The molecule has 0 radical (unpaired) electrons. The third kappa shape index (κ3) is 15.8. The van der Waals surface area contributed by atoms with E-state index in [4.69, 9.17) is 28.5 Å². The van der Waals surface area contributed by atoms with E-state index in [2.05, 4.69) is 5.32 Å². The minimum absolute atomic E-state index is 0.0278. The maximum absolute atomic E-state index is 12.5. The van der Waals surface area contributed by atoms with Crippen LogP contribution in [0.4, 0.5) is 0 Å². The number of carbonyl (C=O) groups excluding carboxylic acids is 4. The summed E-state index contributed by atoms with van der Waals surface area (Å²) in [5, 5.41) is 107. The summed E-state index contributed by atoms with van der Waals surface area (Å²) >= 11 is 0. The van der Waals surface area contributed by atoms with Crippen LogP contribution in [0.5, 0.6) is 0 Å². The summed E-state index contributed by atoms with van der Waals surface area (Å²) in [6, 6.07) is 0. The molecule has 0 aromatic carbocycles. The topological polar surface area (TPSA) is 341 Å². The third-order valence-electron chi connectivity index (χ3n) is 12.0. The molecule has 63 heavy (non-hydrogen) atoms. The van der Waals surface area contributed by atoms with Gasteiger partial charge >= 0.3 is 5.97 Å². The van der Waals surface area contributed by atoms with Crippen molar-refractivity contribution in [3.8, 4) is 0 Å². The monoisotopic (exact) mass is 910 g/mol. The molecule has 3 aliphatic heterocycles. The summed E-state index contributed by atoms with van der Waals surface area (Å²) in [5.74, 6) is -2.55. The summed E-state index contributed by atoms with van der Waals surface area (Å²) in [6.45, 7) is -1.88. The van der Waals surface area contributed by atoms with E-state index in [1.54, 1.807) is 0 Å². The predicted octanol–water partition coefficient (Wildman–Crippen LogP) is -2.70. The first kappa shape index (κ1) is 53.1. The van der Waals surface area contributed by atoms with Crippen LogP contribution < -0.4 is 5.32 Å². The Kier molecular flexibility index (Phi) is 22.9. The molecule has 0 bridgehead atoms. The number of hydrogen-bond donors (Lipinski definition) is 11. The Bertz CT molecular complexity index is 1380. The highest BCUT2D eigenvalue weighted by molar-refractivity contribution is 6.01. The minimum Gasteiger partial charge on any atom is -0.396 e. The number of imide groups is 1. The van der Waals surface area contributed by atoms with Gasteiger partial charge in [-0.1, -0.05) is 64.2 Å². The molecule has 364 valence electrons. The Hall–Kier alpha value is -2.52. The number of amides is 3. The van der Waals surface area contributed by atoms with Gasteiger partial charge < -0.3 is 84.9 Å². The third-order valence-corrected chi connectivity index (χ3v) is 12.0. The normalized spacial score (nSPS) is 35.0. The van der Waals surface area contributed by atoms with Gasteiger partial charge in [-0.2, -0.15) is 0 Å². The lowest BCUT2D eigenvalue weighted by Gasteiger charge is -2.46. The molecule has 1 saturated carbocycles. The second kappa shape index (κ2) is 27.2. The zero-order valence-electron chi connectivity index (χ0n) is 35.7. The summed E-state index contributed by atoms with van der Waals surface area (Å²) in [5.41, 5.74) is 0. The number of nitrogens with one attached hydrogen (secondary N) is 1. The number of aliphatic hydroxyl groups excluding tert-OH is 10. The number of hydroxylamine groups is 2. The van der Waals surface area contributed by atoms with E-state index in [-0.39, 0.29) is 44.7 Å². The van der Waals surface area contributed by atoms with Crippen molar-refractivity contribution in [2.24, 2.45) is 5.92 Å². The highest BCUT2D eigenvalue weighted by atomic mass is 16.7. The lowest BCUT2D eigenvalue weighted by molar-refractivity contribution is -0.361. The molecular weight excluding hydrogens is 840 g/mol. The Morgan fingerprint density at radius 1 is 0.603 bits per heavy atom. The fourth-order valence-corrected chi connectivity index (χ4v) is 8.10. The van der Waals surface area contributed by atoms with Gasteiger partial charge in [0.2, 0.25) is 5.91 Å². The average Bonchev–Trinajstić information content (AvgIpc) is 3.58. The molecule has 15 atom stereocenters. The van der Waals surface area contributed by atoms with E-state index in [1.165, 1.54) is 0 Å². The van der Waals surface area contributed by atoms with Crippen LogP contribution in [0.15, 0.2) is 0 Å². The first-order valence-corrected chi connectivity index (χ1v) is 22.4. The Morgan fingerprint density at radius 2 is 1.16 bits per heavy atom. The van der Waals surface area contributed by atoms with E-state index < -0.39 is 129 Å². The van der Waals surface area contributed by atoms with Gasteiger partial charge in [0.05, 0.1) is 32.0 Å². The highest BCUT2D eigenvalue weighted by Crippen LogP contribution is 2.32. The number of rotatable bonds is 27. The van der Waals surface area contributed by atoms with Crippen LogP contribution in [0.2, 0.25) is 0 Å². The number of hydrogen-bond acceptors (Lipinski definition) is 20. The highest BCUT2D eigenvalue weighted by Gasteiger charge is 2.52. The zero-order chi connectivity index (χ0) is 46.1. The lowest BCUT2D eigenvalue weighted by Crippen LogP contribution is -2.65. The lowest BCUT2D eigenvalue weighted by atomic mass is 9.81. The van der Waals surface area contributed by atoms with Gasteiger partial charge in [0.15, 0.2) is 12.6 Å². The van der Waals surface area contributed by atoms with Crippen molar-refractivity contribution in [1.82, 2.24) is 10.4 Å². The van der Waals surface area contributed by atoms with Crippen LogP contribution in [0.3, 0.4) is 0 Å². The van der Waals surface area contributed by atoms with Gasteiger partial charge in [-0.3, -0.25) is 14.4 Å². The molecule has 3 saturated heterocycles. The summed E-state index contributed by atoms with van der Waals surface area (Å²) in [4.78, 5) is 52.3. The summed E-state index contributed by atoms with van der Waals surface area (Å²) < 4.78 is 28.4. The van der Waals surface area contributed by atoms with Crippen molar-refractivity contribution in [2.45, 2.75) is 195 Å². The van der Waals surface area contributed by atoms with E-state index in [0.717, 1.165) is 64.2 Å². The molecule has 3 heterocycles. The molecule has 4 fully saturated rings. The van der Waals surface area contributed by atoms with E-state index in [0.29, 0.717) is 24.3 Å². The summed E-state index contributed by atoms with van der Waals surface area (Å²) in [7, 11) is 0. The first-order valence-electron chi connectivity index (χ1n) is 22.4. The minimum atomic E-state index is -1.87. The Morgan fingerprint density at radius 3 is 1.75 bits per heavy atom. The molecular formula is C41H70N2O20. The number of carbonyl (C=O) groups is 4. The molecule has 22 heteroatoms. The average molecular weight is 911 g/mol. The van der Waals surface area contributed by atoms with Crippen LogP contribution in [-0.2, 0) is 47.7 Å². The molecule has 4 aliphatic rings. The van der Waals surface area contributed by atoms with Crippen molar-refractivity contribution in [3.05, 3.63) is 0 Å². The molecule has 0 spiro atoms. The van der Waals surface area contributed by atoms with Crippen LogP contribution >= 0.6 is 0 Å². The van der Waals surface area contributed by atoms with Gasteiger partial charge in [-0.25, -0.2) is 4.79 Å². The van der Waals surface area contributed by atoms with Crippen molar-refractivity contribution >= 4 is 23.7 Å². The van der Waals surface area contributed by atoms with Gasteiger partial charge in [0.1, 0.15) is 61.0 Å². The standard InChI is InChI=1S/C41H70N2O20/c44-20-23-19-24(32(51)35(54)31(23)50)59-22-26-34(53)39(62-41-37(56)36(55)33(52)25(21-45)60-41)38(57)40(61-26)58-18-17-42-27(46)13-11-9-7-5-3-1-2-4-6-8-10-12-14-30(49)63-43-28(47)15-16-29(43)48/h23-26,31-41,44-45,50-57H,1-22H2,(H,42,46)/t23-,24+,25-,26-,31-,32-,33-,34-,35+,36+,37+,38+,39+,40-,41-/m1/s1. The van der Waals surface area contributed by atoms with E-state index in [1.807, 2.05) is 0 Å². The van der Waals surface area contributed by atoms with Gasteiger partial charge in [-0.05, 0) is 19.3 Å². The maximum Gasteiger partial charge on any atom is 0.333 e. The zero-order valence-corrected chi connectivity index (χ0v) is 35.7. The molecule has 22 nitrogen and oxygen atoms in total. The maximum atomic E-state index is 12.5. The Balaban J connectivity index is 1.11. The van der Waals surface area contributed by atoms with Crippen LogP contribution in [0.1, 0.15) is 109 Å². The molecule has 0 aromatic rings. The van der Waals surface area contributed by atoms with Gasteiger partial charge in [0.25, 0.3) is 11.8 Å². The quantitative estimate of drug-likeness (QED) is 0.0295. The number of ether oxygens (including phenoxy) is 5. The Labute approximate surface area is 366 Å². The smallest absolute Gasteiger partial charge is 0.333 e. The van der Waals surface area contributed by atoms with Crippen molar-refractivity contribution in [2.75, 3.05) is 33.0 Å². The van der Waals surface area contributed by atoms with Crippen LogP contribution in [-0.4, -0.2) is 199 Å². The number of aliphatic hydroxyl groups is 10.